The molecule has 1 aliphatic rings. The molecule has 0 N–H and O–H groups in total. The molecule has 0 unspecified atom stereocenters. The van der Waals surface area contributed by atoms with Crippen LogP contribution in [0.2, 0.25) is 0 Å². The first-order valence-electron chi connectivity index (χ1n) is 8.18. The molecule has 3 rings (SSSR count). The highest BCUT2D eigenvalue weighted by Gasteiger charge is 2.33. The fourth-order valence-corrected chi connectivity index (χ4v) is 2.77. The van der Waals surface area contributed by atoms with Gasteiger partial charge in [0.25, 0.3) is 5.91 Å². The second-order valence-electron chi connectivity index (χ2n) is 6.03. The van der Waals surface area contributed by atoms with E-state index in [0.29, 0.717) is 23.4 Å². The summed E-state index contributed by atoms with van der Waals surface area (Å²) in [7, 11) is 3.22. The van der Waals surface area contributed by atoms with E-state index in [-0.39, 0.29) is 11.9 Å². The molecule has 0 radical (unpaired) electrons. The van der Waals surface area contributed by atoms with Gasteiger partial charge in [0.05, 0.1) is 25.9 Å². The molecule has 1 saturated carbocycles. The second-order valence-corrected chi connectivity index (χ2v) is 6.03. The highest BCUT2D eigenvalue weighted by Crippen LogP contribution is 2.33. The number of carbonyl (C=O) groups excluding carboxylic acids is 1. The smallest absolute Gasteiger partial charge is 0.254 e. The Bertz CT molecular complexity index is 805. The molecular weight excluding hydrogens is 316 g/mol. The van der Waals surface area contributed by atoms with Crippen LogP contribution in [-0.4, -0.2) is 31.1 Å². The van der Waals surface area contributed by atoms with Gasteiger partial charge in [0, 0.05) is 29.8 Å². The lowest BCUT2D eigenvalue weighted by molar-refractivity contribution is 0.0729. The van der Waals surface area contributed by atoms with Crippen LogP contribution in [0.15, 0.2) is 42.5 Å². The van der Waals surface area contributed by atoms with Gasteiger partial charge in [-0.3, -0.25) is 4.79 Å². The molecule has 25 heavy (non-hydrogen) atoms. The van der Waals surface area contributed by atoms with Gasteiger partial charge in [-0.1, -0.05) is 0 Å². The number of nitrogens with zero attached hydrogens (tertiary/aromatic N) is 2. The van der Waals surface area contributed by atoms with Crippen molar-refractivity contribution >= 4 is 5.91 Å². The molecule has 0 atom stereocenters. The van der Waals surface area contributed by atoms with E-state index in [0.717, 1.165) is 24.2 Å². The van der Waals surface area contributed by atoms with Gasteiger partial charge in [0.2, 0.25) is 0 Å². The Balaban J connectivity index is 1.84. The van der Waals surface area contributed by atoms with Crippen LogP contribution in [0.25, 0.3) is 0 Å². The molecular formula is C20H20N2O3. The third-order valence-corrected chi connectivity index (χ3v) is 4.34. The third-order valence-electron chi connectivity index (χ3n) is 4.34. The summed E-state index contributed by atoms with van der Waals surface area (Å²) in [5.74, 6) is 1.40. The average Bonchev–Trinajstić information content (AvgIpc) is 3.50. The minimum absolute atomic E-state index is 0.0233. The summed E-state index contributed by atoms with van der Waals surface area (Å²) in [5, 5.41) is 8.90. The van der Waals surface area contributed by atoms with Crippen molar-refractivity contribution < 1.29 is 14.3 Å². The maximum atomic E-state index is 12.9. The number of benzene rings is 2. The summed E-state index contributed by atoms with van der Waals surface area (Å²) in [4.78, 5) is 14.8. The zero-order valence-corrected chi connectivity index (χ0v) is 14.4. The van der Waals surface area contributed by atoms with Crippen LogP contribution in [0.5, 0.6) is 11.5 Å². The van der Waals surface area contributed by atoms with Crippen LogP contribution in [0.1, 0.15) is 34.3 Å². The maximum Gasteiger partial charge on any atom is 0.254 e. The fourth-order valence-electron chi connectivity index (χ4n) is 2.77. The minimum Gasteiger partial charge on any atom is -0.497 e. The molecule has 0 aliphatic heterocycles. The standard InChI is InChI=1S/C20H20N2O3/c1-24-18-10-7-16(19(11-18)25-2)13-22(17-8-9-17)20(23)15-5-3-14(12-21)4-6-15/h3-7,10-11,17H,8-9,13H2,1-2H3. The van der Waals surface area contributed by atoms with E-state index in [9.17, 15) is 4.79 Å². The lowest BCUT2D eigenvalue weighted by atomic mass is 10.1. The van der Waals surface area contributed by atoms with Crippen molar-refractivity contribution in [2.75, 3.05) is 14.2 Å². The number of nitriles is 1. The SMILES string of the molecule is COc1ccc(CN(C(=O)c2ccc(C#N)cc2)C2CC2)c(OC)c1. The van der Waals surface area contributed by atoms with Crippen LogP contribution in [0, 0.1) is 11.3 Å². The first kappa shape index (κ1) is 16.8. The first-order valence-corrected chi connectivity index (χ1v) is 8.18. The Morgan fingerprint density at radius 3 is 2.44 bits per heavy atom. The van der Waals surface area contributed by atoms with E-state index >= 15 is 0 Å². The van der Waals surface area contributed by atoms with Crippen molar-refractivity contribution in [3.05, 3.63) is 59.2 Å². The highest BCUT2D eigenvalue weighted by atomic mass is 16.5. The molecule has 1 aliphatic carbocycles. The van der Waals surface area contributed by atoms with E-state index in [4.69, 9.17) is 14.7 Å². The molecule has 0 bridgehead atoms. The summed E-state index contributed by atoms with van der Waals surface area (Å²) in [6, 6.07) is 14.7. The summed E-state index contributed by atoms with van der Waals surface area (Å²) in [5.41, 5.74) is 2.09. The van der Waals surface area contributed by atoms with Gasteiger partial charge in [-0.15, -0.1) is 0 Å². The van der Waals surface area contributed by atoms with Crippen LogP contribution < -0.4 is 9.47 Å². The van der Waals surface area contributed by atoms with Gasteiger partial charge >= 0.3 is 0 Å². The second kappa shape index (κ2) is 7.27. The Morgan fingerprint density at radius 2 is 1.88 bits per heavy atom. The number of amides is 1. The van der Waals surface area contributed by atoms with Crippen LogP contribution in [-0.2, 0) is 6.54 Å². The largest absolute Gasteiger partial charge is 0.497 e. The van der Waals surface area contributed by atoms with Crippen molar-refractivity contribution in [3.8, 4) is 17.6 Å². The summed E-state index contributed by atoms with van der Waals surface area (Å²) >= 11 is 0. The Morgan fingerprint density at radius 1 is 1.16 bits per heavy atom. The van der Waals surface area contributed by atoms with E-state index in [1.54, 1.807) is 38.5 Å². The number of ether oxygens (including phenoxy) is 2. The molecule has 0 aromatic heterocycles. The van der Waals surface area contributed by atoms with E-state index in [2.05, 4.69) is 6.07 Å². The molecule has 5 nitrogen and oxygen atoms in total. The first-order chi connectivity index (χ1) is 12.2. The Labute approximate surface area is 147 Å². The van der Waals surface area contributed by atoms with Gasteiger partial charge in [-0.25, -0.2) is 0 Å². The number of carbonyl (C=O) groups is 1. The summed E-state index contributed by atoms with van der Waals surface area (Å²) in [6.07, 6.45) is 2.03. The number of methoxy groups -OCH3 is 2. The maximum absolute atomic E-state index is 12.9. The molecule has 0 spiro atoms. The lowest BCUT2D eigenvalue weighted by Crippen LogP contribution is -2.32. The van der Waals surface area contributed by atoms with Crippen molar-refractivity contribution in [2.24, 2.45) is 0 Å². The van der Waals surface area contributed by atoms with Gasteiger partial charge in [-0.2, -0.15) is 5.26 Å². The topological polar surface area (TPSA) is 62.6 Å². The van der Waals surface area contributed by atoms with Crippen molar-refractivity contribution in [1.29, 1.82) is 5.26 Å². The number of hydrogen-bond donors (Lipinski definition) is 0. The Kier molecular flexibility index (Phi) is 4.90. The van der Waals surface area contributed by atoms with Gasteiger partial charge in [0.15, 0.2) is 0 Å². The predicted molar refractivity (Wildman–Crippen MR) is 93.6 cm³/mol. The van der Waals surface area contributed by atoms with Gasteiger partial charge in [0.1, 0.15) is 11.5 Å². The lowest BCUT2D eigenvalue weighted by Gasteiger charge is -2.24. The monoisotopic (exact) mass is 336 g/mol. The van der Waals surface area contributed by atoms with E-state index < -0.39 is 0 Å². The number of hydrogen-bond acceptors (Lipinski definition) is 4. The van der Waals surface area contributed by atoms with Crippen molar-refractivity contribution in [3.63, 3.8) is 0 Å². The normalized spacial score (nSPS) is 13.0. The van der Waals surface area contributed by atoms with Gasteiger partial charge < -0.3 is 14.4 Å². The predicted octanol–water partition coefficient (Wildman–Crippen LogP) is 3.38. The molecule has 0 heterocycles. The molecule has 2 aromatic carbocycles. The van der Waals surface area contributed by atoms with Gasteiger partial charge in [-0.05, 0) is 49.2 Å². The quantitative estimate of drug-likeness (QED) is 0.811. The van der Waals surface area contributed by atoms with Crippen LogP contribution in [0.4, 0.5) is 0 Å². The van der Waals surface area contributed by atoms with Crippen LogP contribution >= 0.6 is 0 Å². The highest BCUT2D eigenvalue weighted by molar-refractivity contribution is 5.94. The van der Waals surface area contributed by atoms with E-state index in [1.165, 1.54) is 0 Å². The van der Waals surface area contributed by atoms with Crippen molar-refractivity contribution in [1.82, 2.24) is 4.90 Å². The van der Waals surface area contributed by atoms with Crippen molar-refractivity contribution in [2.45, 2.75) is 25.4 Å². The molecule has 1 amide bonds. The summed E-state index contributed by atoms with van der Waals surface area (Å²) < 4.78 is 10.7. The van der Waals surface area contributed by atoms with Crippen LogP contribution in [0.3, 0.4) is 0 Å². The molecule has 128 valence electrons. The van der Waals surface area contributed by atoms with E-state index in [1.807, 2.05) is 23.1 Å². The number of rotatable bonds is 6. The Hall–Kier alpha value is -3.00. The molecule has 2 aromatic rings. The zero-order chi connectivity index (χ0) is 17.8. The average molecular weight is 336 g/mol. The molecule has 1 fully saturated rings. The molecule has 5 heteroatoms. The fraction of sp³-hybridized carbons (Fsp3) is 0.300. The third kappa shape index (κ3) is 3.74. The summed E-state index contributed by atoms with van der Waals surface area (Å²) in [6.45, 7) is 0.483. The molecule has 0 saturated heterocycles. The minimum atomic E-state index is -0.0233. The zero-order valence-electron chi connectivity index (χ0n) is 14.4.